The van der Waals surface area contributed by atoms with Crippen molar-refractivity contribution in [3.63, 3.8) is 0 Å². The van der Waals surface area contributed by atoms with E-state index in [0.717, 1.165) is 37.4 Å². The van der Waals surface area contributed by atoms with Crippen molar-refractivity contribution in [2.75, 3.05) is 36.9 Å². The zero-order valence-electron chi connectivity index (χ0n) is 16.5. The first kappa shape index (κ1) is 20.0. The number of nitrogens with one attached hydrogen (secondary N) is 1. The molecule has 4 heteroatoms. The molecule has 1 N–H and O–H groups in total. The van der Waals surface area contributed by atoms with E-state index in [1.54, 1.807) is 0 Å². The Morgan fingerprint density at radius 3 is 2.35 bits per heavy atom. The van der Waals surface area contributed by atoms with Gasteiger partial charge in [-0.2, -0.15) is 0 Å². The van der Waals surface area contributed by atoms with Crippen LogP contribution in [-0.4, -0.2) is 37.5 Å². The molecule has 0 aliphatic rings. The molecule has 0 saturated carbocycles. The highest BCUT2D eigenvalue weighted by atomic mass is 16.1. The molecule has 0 aliphatic heterocycles. The van der Waals surface area contributed by atoms with Gasteiger partial charge in [-0.25, -0.2) is 0 Å². The maximum Gasteiger partial charge on any atom is 0.225 e. The second-order valence-corrected chi connectivity index (χ2v) is 6.69. The van der Waals surface area contributed by atoms with Crippen molar-refractivity contribution in [2.24, 2.45) is 0 Å². The van der Waals surface area contributed by atoms with Gasteiger partial charge in [-0.1, -0.05) is 30.3 Å². The molecule has 0 aliphatic carbocycles. The van der Waals surface area contributed by atoms with Crippen LogP contribution in [0.3, 0.4) is 0 Å². The lowest BCUT2D eigenvalue weighted by Gasteiger charge is -2.22. The van der Waals surface area contributed by atoms with Crippen molar-refractivity contribution in [3.8, 4) is 0 Å². The monoisotopic (exact) mass is 353 g/mol. The SMILES string of the molecule is CCN(CC)c1ccc(NC(=O)CCN(C)Cc2ccccc2)c(C)c1. The number of nitrogens with zero attached hydrogens (tertiary/aromatic N) is 2. The summed E-state index contributed by atoms with van der Waals surface area (Å²) in [4.78, 5) is 16.8. The summed E-state index contributed by atoms with van der Waals surface area (Å²) >= 11 is 0. The van der Waals surface area contributed by atoms with E-state index in [1.165, 1.54) is 11.3 Å². The molecule has 2 aromatic carbocycles. The van der Waals surface area contributed by atoms with E-state index in [2.05, 4.69) is 53.2 Å². The van der Waals surface area contributed by atoms with Gasteiger partial charge in [0.1, 0.15) is 0 Å². The van der Waals surface area contributed by atoms with Gasteiger partial charge in [0.05, 0.1) is 0 Å². The Balaban J connectivity index is 1.85. The Morgan fingerprint density at radius 2 is 1.73 bits per heavy atom. The van der Waals surface area contributed by atoms with Crippen LogP contribution in [0.15, 0.2) is 48.5 Å². The number of anilines is 2. The van der Waals surface area contributed by atoms with Crippen LogP contribution in [0.4, 0.5) is 11.4 Å². The summed E-state index contributed by atoms with van der Waals surface area (Å²) in [5.74, 6) is 0.0589. The predicted molar refractivity (Wildman–Crippen MR) is 111 cm³/mol. The molecule has 1 amide bonds. The predicted octanol–water partition coefficient (Wildman–Crippen LogP) is 4.30. The summed E-state index contributed by atoms with van der Waals surface area (Å²) < 4.78 is 0. The van der Waals surface area contributed by atoms with E-state index in [-0.39, 0.29) is 5.91 Å². The largest absolute Gasteiger partial charge is 0.372 e. The molecule has 0 unspecified atom stereocenters. The summed E-state index contributed by atoms with van der Waals surface area (Å²) in [5, 5.41) is 3.05. The lowest BCUT2D eigenvalue weighted by Crippen LogP contribution is -2.24. The summed E-state index contributed by atoms with van der Waals surface area (Å²) in [5.41, 5.74) is 4.46. The second kappa shape index (κ2) is 9.97. The standard InChI is InChI=1S/C22H31N3O/c1-5-25(6-2)20-12-13-21(18(3)16-20)23-22(26)14-15-24(4)17-19-10-8-7-9-11-19/h7-13,16H,5-6,14-15,17H2,1-4H3,(H,23,26). The Kier molecular flexibility index (Phi) is 7.67. The van der Waals surface area contributed by atoms with Gasteiger partial charge in [-0.15, -0.1) is 0 Å². The summed E-state index contributed by atoms with van der Waals surface area (Å²) in [6, 6.07) is 16.6. The van der Waals surface area contributed by atoms with Gasteiger partial charge >= 0.3 is 0 Å². The molecule has 2 rings (SSSR count). The van der Waals surface area contributed by atoms with Gasteiger partial charge < -0.3 is 15.1 Å². The fraction of sp³-hybridized carbons (Fsp3) is 0.409. The molecule has 26 heavy (non-hydrogen) atoms. The van der Waals surface area contributed by atoms with Crippen molar-refractivity contribution in [3.05, 3.63) is 59.7 Å². The quantitative estimate of drug-likeness (QED) is 0.730. The smallest absolute Gasteiger partial charge is 0.225 e. The minimum atomic E-state index is 0.0589. The van der Waals surface area contributed by atoms with Gasteiger partial charge in [0.25, 0.3) is 0 Å². The summed E-state index contributed by atoms with van der Waals surface area (Å²) in [7, 11) is 2.05. The highest BCUT2D eigenvalue weighted by molar-refractivity contribution is 5.91. The molecule has 0 heterocycles. The Morgan fingerprint density at radius 1 is 1.04 bits per heavy atom. The minimum Gasteiger partial charge on any atom is -0.372 e. The number of carbonyl (C=O) groups is 1. The maximum atomic E-state index is 12.3. The van der Waals surface area contributed by atoms with E-state index in [1.807, 2.05) is 38.2 Å². The zero-order valence-corrected chi connectivity index (χ0v) is 16.5. The number of aryl methyl sites for hydroxylation is 1. The first-order valence-electron chi connectivity index (χ1n) is 9.41. The fourth-order valence-corrected chi connectivity index (χ4v) is 3.05. The van der Waals surface area contributed by atoms with E-state index in [0.29, 0.717) is 6.42 Å². The number of carbonyl (C=O) groups excluding carboxylic acids is 1. The lowest BCUT2D eigenvalue weighted by molar-refractivity contribution is -0.116. The first-order chi connectivity index (χ1) is 12.5. The topological polar surface area (TPSA) is 35.6 Å². The second-order valence-electron chi connectivity index (χ2n) is 6.69. The van der Waals surface area contributed by atoms with Crippen LogP contribution in [0, 0.1) is 6.92 Å². The third-order valence-electron chi connectivity index (χ3n) is 4.63. The fourth-order valence-electron chi connectivity index (χ4n) is 3.05. The molecule has 0 atom stereocenters. The molecule has 0 radical (unpaired) electrons. The maximum absolute atomic E-state index is 12.3. The van der Waals surface area contributed by atoms with Gasteiger partial charge in [0, 0.05) is 44.0 Å². The van der Waals surface area contributed by atoms with Crippen molar-refractivity contribution in [1.29, 1.82) is 0 Å². The minimum absolute atomic E-state index is 0.0589. The van der Waals surface area contributed by atoms with Crippen molar-refractivity contribution in [2.45, 2.75) is 33.7 Å². The Hall–Kier alpha value is -2.33. The molecule has 4 nitrogen and oxygen atoms in total. The van der Waals surface area contributed by atoms with Crippen LogP contribution in [0.5, 0.6) is 0 Å². The summed E-state index contributed by atoms with van der Waals surface area (Å²) in [6.45, 7) is 9.90. The van der Waals surface area contributed by atoms with Crippen molar-refractivity contribution in [1.82, 2.24) is 4.90 Å². The zero-order chi connectivity index (χ0) is 18.9. The van der Waals surface area contributed by atoms with E-state index in [9.17, 15) is 4.79 Å². The molecule has 0 fully saturated rings. The summed E-state index contributed by atoms with van der Waals surface area (Å²) in [6.07, 6.45) is 0.487. The van der Waals surface area contributed by atoms with Crippen molar-refractivity contribution >= 4 is 17.3 Å². The van der Waals surface area contributed by atoms with Crippen LogP contribution < -0.4 is 10.2 Å². The molecular formula is C22H31N3O. The number of amides is 1. The van der Waals surface area contributed by atoms with E-state index in [4.69, 9.17) is 0 Å². The normalized spacial score (nSPS) is 10.8. The molecule has 0 saturated heterocycles. The number of benzene rings is 2. The third-order valence-corrected chi connectivity index (χ3v) is 4.63. The van der Waals surface area contributed by atoms with Gasteiger partial charge in [-0.3, -0.25) is 4.79 Å². The number of hydrogen-bond donors (Lipinski definition) is 1. The van der Waals surface area contributed by atoms with Gasteiger partial charge in [-0.05, 0) is 57.1 Å². The van der Waals surface area contributed by atoms with Gasteiger partial charge in [0.15, 0.2) is 0 Å². The Bertz CT molecular complexity index is 696. The van der Waals surface area contributed by atoms with Crippen molar-refractivity contribution < 1.29 is 4.79 Å². The molecule has 2 aromatic rings. The van der Waals surface area contributed by atoms with Crippen LogP contribution in [0.25, 0.3) is 0 Å². The Labute approximate surface area is 157 Å². The van der Waals surface area contributed by atoms with Crippen LogP contribution in [-0.2, 0) is 11.3 Å². The number of hydrogen-bond acceptors (Lipinski definition) is 3. The van der Waals surface area contributed by atoms with Crippen LogP contribution in [0.1, 0.15) is 31.4 Å². The average Bonchev–Trinajstić information content (AvgIpc) is 2.64. The molecule has 140 valence electrons. The molecule has 0 spiro atoms. The number of rotatable bonds is 9. The van der Waals surface area contributed by atoms with E-state index < -0.39 is 0 Å². The lowest BCUT2D eigenvalue weighted by atomic mass is 10.1. The van der Waals surface area contributed by atoms with E-state index >= 15 is 0 Å². The molecular weight excluding hydrogens is 322 g/mol. The average molecular weight is 354 g/mol. The van der Waals surface area contributed by atoms with Crippen LogP contribution >= 0.6 is 0 Å². The third kappa shape index (κ3) is 5.88. The van der Waals surface area contributed by atoms with Crippen LogP contribution in [0.2, 0.25) is 0 Å². The first-order valence-corrected chi connectivity index (χ1v) is 9.41. The molecule has 0 aromatic heterocycles. The highest BCUT2D eigenvalue weighted by Crippen LogP contribution is 2.22. The molecule has 0 bridgehead atoms. The highest BCUT2D eigenvalue weighted by Gasteiger charge is 2.09. The van der Waals surface area contributed by atoms with Gasteiger partial charge in [0.2, 0.25) is 5.91 Å².